The lowest BCUT2D eigenvalue weighted by Gasteiger charge is -1.84. The van der Waals surface area contributed by atoms with E-state index < -0.39 is 4.92 Å². The zero-order chi connectivity index (χ0) is 11.5. The fraction of sp³-hybridized carbons (Fsp3) is 0. The standard InChI is InChI=1S/C9H7N3O4/c13-11-6-5-7(10-11)1-2-8-3-4-9(16-8)12(14)15/h1-6,13H/b2-1+. The third-order valence-corrected chi connectivity index (χ3v) is 1.81. The summed E-state index contributed by atoms with van der Waals surface area (Å²) in [5, 5.41) is 22.9. The molecular weight excluding hydrogens is 214 g/mol. The molecule has 2 heterocycles. The molecule has 0 aromatic carbocycles. The quantitative estimate of drug-likeness (QED) is 0.484. The molecule has 2 rings (SSSR count). The van der Waals surface area contributed by atoms with Crippen LogP contribution in [-0.2, 0) is 0 Å². The van der Waals surface area contributed by atoms with Crippen molar-refractivity contribution in [1.82, 2.24) is 9.94 Å². The second-order valence-corrected chi connectivity index (χ2v) is 2.93. The minimum absolute atomic E-state index is 0.313. The van der Waals surface area contributed by atoms with Crippen molar-refractivity contribution in [2.45, 2.75) is 0 Å². The minimum atomic E-state index is -0.611. The molecule has 7 nitrogen and oxygen atoms in total. The van der Waals surface area contributed by atoms with Gasteiger partial charge in [-0.1, -0.05) is 0 Å². The number of aromatic nitrogens is 2. The summed E-state index contributed by atoms with van der Waals surface area (Å²) < 4.78 is 4.89. The third kappa shape index (κ3) is 2.08. The SMILES string of the molecule is O=[N+]([O-])c1ccc(/C=C/c2ccn(O)n2)o1. The van der Waals surface area contributed by atoms with E-state index in [0.29, 0.717) is 16.3 Å². The van der Waals surface area contributed by atoms with E-state index in [1.807, 2.05) is 0 Å². The summed E-state index contributed by atoms with van der Waals surface area (Å²) in [6.45, 7) is 0. The summed E-state index contributed by atoms with van der Waals surface area (Å²) in [6.07, 6.45) is 4.45. The van der Waals surface area contributed by atoms with Gasteiger partial charge in [0.2, 0.25) is 0 Å². The first kappa shape index (κ1) is 9.97. The predicted octanol–water partition coefficient (Wildman–Crippen LogP) is 1.79. The van der Waals surface area contributed by atoms with Crippen LogP contribution in [0.2, 0.25) is 0 Å². The molecule has 0 aliphatic carbocycles. The van der Waals surface area contributed by atoms with Gasteiger partial charge in [-0.15, -0.1) is 9.94 Å². The first-order valence-electron chi connectivity index (χ1n) is 4.32. The molecule has 0 amide bonds. The summed E-state index contributed by atoms with van der Waals surface area (Å²) in [5.74, 6) is 0.0338. The summed E-state index contributed by atoms with van der Waals surface area (Å²) >= 11 is 0. The average molecular weight is 221 g/mol. The molecule has 82 valence electrons. The van der Waals surface area contributed by atoms with Crippen LogP contribution in [0.15, 0.2) is 28.8 Å². The molecule has 0 fully saturated rings. The number of nitrogens with zero attached hydrogens (tertiary/aromatic N) is 3. The van der Waals surface area contributed by atoms with Gasteiger partial charge in [0.15, 0.2) is 0 Å². The van der Waals surface area contributed by atoms with Crippen LogP contribution in [0.1, 0.15) is 11.5 Å². The molecule has 16 heavy (non-hydrogen) atoms. The van der Waals surface area contributed by atoms with Crippen molar-refractivity contribution in [1.29, 1.82) is 0 Å². The molecule has 7 heteroatoms. The fourth-order valence-corrected chi connectivity index (χ4v) is 1.11. The van der Waals surface area contributed by atoms with Gasteiger partial charge in [-0.2, -0.15) is 0 Å². The molecule has 2 aromatic rings. The maximum Gasteiger partial charge on any atom is 0.433 e. The van der Waals surface area contributed by atoms with E-state index in [0.717, 1.165) is 0 Å². The van der Waals surface area contributed by atoms with Crippen LogP contribution in [0.4, 0.5) is 5.88 Å². The minimum Gasteiger partial charge on any atom is -0.412 e. The van der Waals surface area contributed by atoms with Gasteiger partial charge in [0, 0.05) is 0 Å². The Balaban J connectivity index is 2.14. The Morgan fingerprint density at radius 3 is 2.81 bits per heavy atom. The molecule has 2 aromatic heterocycles. The Morgan fingerprint density at radius 1 is 1.44 bits per heavy atom. The van der Waals surface area contributed by atoms with Gasteiger partial charge in [0.25, 0.3) is 0 Å². The smallest absolute Gasteiger partial charge is 0.412 e. The third-order valence-electron chi connectivity index (χ3n) is 1.81. The van der Waals surface area contributed by atoms with Gasteiger partial charge in [0.05, 0.1) is 18.0 Å². The zero-order valence-corrected chi connectivity index (χ0v) is 7.98. The summed E-state index contributed by atoms with van der Waals surface area (Å²) in [5.41, 5.74) is 0.515. The highest BCUT2D eigenvalue weighted by Gasteiger charge is 2.09. The lowest BCUT2D eigenvalue weighted by molar-refractivity contribution is -0.402. The van der Waals surface area contributed by atoms with Crippen molar-refractivity contribution in [3.63, 3.8) is 0 Å². The van der Waals surface area contributed by atoms with Crippen molar-refractivity contribution in [2.75, 3.05) is 0 Å². The van der Waals surface area contributed by atoms with Crippen LogP contribution in [0.3, 0.4) is 0 Å². The van der Waals surface area contributed by atoms with Crippen LogP contribution in [0, 0.1) is 10.1 Å². The number of nitro groups is 1. The van der Waals surface area contributed by atoms with E-state index >= 15 is 0 Å². The number of rotatable bonds is 3. The van der Waals surface area contributed by atoms with E-state index in [9.17, 15) is 10.1 Å². The highest BCUT2D eigenvalue weighted by molar-refractivity contribution is 5.65. The van der Waals surface area contributed by atoms with Crippen molar-refractivity contribution in [3.8, 4) is 0 Å². The van der Waals surface area contributed by atoms with Crippen molar-refractivity contribution in [2.24, 2.45) is 0 Å². The highest BCUT2D eigenvalue weighted by atomic mass is 16.6. The van der Waals surface area contributed by atoms with Gasteiger partial charge in [-0.3, -0.25) is 10.1 Å². The van der Waals surface area contributed by atoms with Gasteiger partial charge in [-0.05, 0) is 24.3 Å². The molecule has 0 bridgehead atoms. The maximum absolute atomic E-state index is 10.3. The second-order valence-electron chi connectivity index (χ2n) is 2.93. The van der Waals surface area contributed by atoms with Crippen molar-refractivity contribution >= 4 is 18.0 Å². The molecule has 0 aliphatic heterocycles. The van der Waals surface area contributed by atoms with Crippen LogP contribution in [0.5, 0.6) is 0 Å². The molecule has 1 N–H and O–H groups in total. The Bertz CT molecular complexity index is 540. The first-order valence-corrected chi connectivity index (χ1v) is 4.32. The number of hydrogen-bond donors (Lipinski definition) is 1. The molecule has 0 spiro atoms. The summed E-state index contributed by atoms with van der Waals surface area (Å²) in [6, 6.07) is 4.32. The first-order chi connectivity index (χ1) is 7.65. The Labute approximate surface area is 89.3 Å². The average Bonchev–Trinajstić information content (AvgIpc) is 2.83. The van der Waals surface area contributed by atoms with Crippen LogP contribution in [0.25, 0.3) is 12.2 Å². The van der Waals surface area contributed by atoms with Crippen LogP contribution >= 0.6 is 0 Å². The topological polar surface area (TPSA) is 94.3 Å². The lowest BCUT2D eigenvalue weighted by atomic mass is 10.3. The van der Waals surface area contributed by atoms with Gasteiger partial charge < -0.3 is 9.62 Å². The molecular formula is C9H7N3O4. The van der Waals surface area contributed by atoms with Gasteiger partial charge in [-0.25, -0.2) is 0 Å². The Morgan fingerprint density at radius 2 is 2.25 bits per heavy atom. The molecule has 0 radical (unpaired) electrons. The lowest BCUT2D eigenvalue weighted by Crippen LogP contribution is -1.88. The molecule has 0 unspecified atom stereocenters. The zero-order valence-electron chi connectivity index (χ0n) is 7.98. The normalized spacial score (nSPS) is 11.0. The predicted molar refractivity (Wildman–Crippen MR) is 53.7 cm³/mol. The van der Waals surface area contributed by atoms with E-state index in [1.54, 1.807) is 12.1 Å². The van der Waals surface area contributed by atoms with Crippen LogP contribution < -0.4 is 0 Å². The molecule has 0 aliphatic rings. The largest absolute Gasteiger partial charge is 0.433 e. The maximum atomic E-state index is 10.3. The van der Waals surface area contributed by atoms with E-state index in [4.69, 9.17) is 9.62 Å². The number of furan rings is 1. The molecule has 0 atom stereocenters. The molecule has 0 saturated carbocycles. The molecule has 0 saturated heterocycles. The fourth-order valence-electron chi connectivity index (χ4n) is 1.11. The van der Waals surface area contributed by atoms with E-state index in [-0.39, 0.29) is 5.88 Å². The van der Waals surface area contributed by atoms with Crippen molar-refractivity contribution < 1.29 is 14.5 Å². The van der Waals surface area contributed by atoms with E-state index in [1.165, 1.54) is 24.4 Å². The van der Waals surface area contributed by atoms with Crippen LogP contribution in [-0.4, -0.2) is 20.1 Å². The second kappa shape index (κ2) is 3.89. The Kier molecular flexibility index (Phi) is 2.42. The summed E-state index contributed by atoms with van der Waals surface area (Å²) in [7, 11) is 0. The van der Waals surface area contributed by atoms with Crippen molar-refractivity contribution in [3.05, 3.63) is 46.0 Å². The summed E-state index contributed by atoms with van der Waals surface area (Å²) in [4.78, 5) is 10.4. The highest BCUT2D eigenvalue weighted by Crippen LogP contribution is 2.17. The monoisotopic (exact) mass is 221 g/mol. The van der Waals surface area contributed by atoms with Gasteiger partial charge in [0.1, 0.15) is 10.7 Å². The van der Waals surface area contributed by atoms with E-state index in [2.05, 4.69) is 5.10 Å². The number of hydrogen-bond acceptors (Lipinski definition) is 5. The van der Waals surface area contributed by atoms with Gasteiger partial charge >= 0.3 is 5.88 Å². The Hall–Kier alpha value is -2.57.